The molecule has 0 radical (unpaired) electrons. The largest absolute Gasteiger partial charge is 0.337 e. The molecule has 1 atom stereocenters. The highest BCUT2D eigenvalue weighted by atomic mass is 35.5. The van der Waals surface area contributed by atoms with Crippen LogP contribution in [0.1, 0.15) is 32.2 Å². The Hall–Kier alpha value is -1.46. The lowest BCUT2D eigenvalue weighted by atomic mass is 10.2. The van der Waals surface area contributed by atoms with Crippen molar-refractivity contribution < 1.29 is 8.91 Å². The molecule has 1 aromatic heterocycles. The van der Waals surface area contributed by atoms with E-state index in [0.29, 0.717) is 11.5 Å². The van der Waals surface area contributed by atoms with Gasteiger partial charge in [0.25, 0.3) is 0 Å². The number of aromatic nitrogens is 2. The van der Waals surface area contributed by atoms with Crippen LogP contribution in [0.2, 0.25) is 0 Å². The number of nitrogens with one attached hydrogen (secondary N) is 1. The number of nitrogens with zero attached hydrogens (tertiary/aromatic N) is 2. The molecule has 0 saturated heterocycles. The lowest BCUT2D eigenvalue weighted by Gasteiger charge is -2.06. The predicted octanol–water partition coefficient (Wildman–Crippen LogP) is 3.36. The highest BCUT2D eigenvalue weighted by molar-refractivity contribution is 5.85. The Balaban J connectivity index is 0.00000180. The Bertz CT molecular complexity index is 518. The Labute approximate surface area is 117 Å². The summed E-state index contributed by atoms with van der Waals surface area (Å²) in [4.78, 5) is 4.21. The Morgan fingerprint density at radius 3 is 2.79 bits per heavy atom. The van der Waals surface area contributed by atoms with Gasteiger partial charge in [-0.25, -0.2) is 4.39 Å². The average Bonchev–Trinajstić information content (AvgIpc) is 2.86. The van der Waals surface area contributed by atoms with Crippen LogP contribution >= 0.6 is 12.4 Å². The molecule has 1 aromatic carbocycles. The number of hydrogen-bond acceptors (Lipinski definition) is 4. The maximum absolute atomic E-state index is 13.6. The molecule has 19 heavy (non-hydrogen) atoms. The molecule has 0 fully saturated rings. The molecular weight excluding hydrogens is 269 g/mol. The van der Waals surface area contributed by atoms with Gasteiger partial charge in [-0.2, -0.15) is 4.98 Å². The van der Waals surface area contributed by atoms with Gasteiger partial charge in [0, 0.05) is 0 Å². The minimum absolute atomic E-state index is 0. The van der Waals surface area contributed by atoms with Crippen molar-refractivity contribution in [3.05, 3.63) is 36.0 Å². The molecule has 104 valence electrons. The zero-order valence-electron chi connectivity index (χ0n) is 10.9. The van der Waals surface area contributed by atoms with Crippen LogP contribution in [0.25, 0.3) is 11.4 Å². The van der Waals surface area contributed by atoms with Crippen molar-refractivity contribution in [3.63, 3.8) is 0 Å². The second-order valence-corrected chi connectivity index (χ2v) is 4.11. The molecule has 0 aliphatic rings. The summed E-state index contributed by atoms with van der Waals surface area (Å²) in [5, 5.41) is 7.05. The SMILES string of the molecule is CCCNC(C)c1nc(-c2ccccc2F)no1.Cl. The molecule has 2 aromatic rings. The molecule has 0 spiro atoms. The topological polar surface area (TPSA) is 51.0 Å². The normalized spacial score (nSPS) is 11.9. The summed E-state index contributed by atoms with van der Waals surface area (Å²) in [7, 11) is 0. The Morgan fingerprint density at radius 2 is 2.11 bits per heavy atom. The summed E-state index contributed by atoms with van der Waals surface area (Å²) in [6.45, 7) is 4.89. The van der Waals surface area contributed by atoms with E-state index >= 15 is 0 Å². The van der Waals surface area contributed by atoms with Crippen molar-refractivity contribution in [2.45, 2.75) is 26.3 Å². The number of hydrogen-bond donors (Lipinski definition) is 1. The average molecular weight is 286 g/mol. The molecular formula is C13H17ClFN3O. The smallest absolute Gasteiger partial charge is 0.243 e. The third kappa shape index (κ3) is 3.75. The van der Waals surface area contributed by atoms with E-state index in [4.69, 9.17) is 4.52 Å². The van der Waals surface area contributed by atoms with Gasteiger partial charge >= 0.3 is 0 Å². The van der Waals surface area contributed by atoms with E-state index in [1.54, 1.807) is 18.2 Å². The van der Waals surface area contributed by atoms with Gasteiger partial charge in [0.05, 0.1) is 11.6 Å². The quantitative estimate of drug-likeness (QED) is 0.915. The van der Waals surface area contributed by atoms with Crippen LogP contribution in [0, 0.1) is 5.82 Å². The molecule has 0 aliphatic carbocycles. The highest BCUT2D eigenvalue weighted by Crippen LogP contribution is 2.21. The predicted molar refractivity (Wildman–Crippen MR) is 73.6 cm³/mol. The van der Waals surface area contributed by atoms with Gasteiger partial charge in [-0.3, -0.25) is 0 Å². The number of rotatable bonds is 5. The molecule has 0 aliphatic heterocycles. The third-order valence-electron chi connectivity index (χ3n) is 2.63. The molecule has 0 amide bonds. The van der Waals surface area contributed by atoms with Crippen LogP contribution in [0.15, 0.2) is 28.8 Å². The van der Waals surface area contributed by atoms with E-state index in [1.807, 2.05) is 6.92 Å². The molecule has 1 heterocycles. The summed E-state index contributed by atoms with van der Waals surface area (Å²) in [5.41, 5.74) is 0.357. The number of benzene rings is 1. The zero-order valence-corrected chi connectivity index (χ0v) is 11.7. The first-order valence-corrected chi connectivity index (χ1v) is 6.04. The molecule has 0 bridgehead atoms. The van der Waals surface area contributed by atoms with Crippen molar-refractivity contribution in [2.24, 2.45) is 0 Å². The minimum Gasteiger partial charge on any atom is -0.337 e. The fraction of sp³-hybridized carbons (Fsp3) is 0.385. The van der Waals surface area contributed by atoms with Gasteiger partial charge in [-0.15, -0.1) is 12.4 Å². The third-order valence-corrected chi connectivity index (χ3v) is 2.63. The molecule has 0 saturated carbocycles. The van der Waals surface area contributed by atoms with E-state index in [2.05, 4.69) is 22.4 Å². The lowest BCUT2D eigenvalue weighted by molar-refractivity contribution is 0.340. The highest BCUT2D eigenvalue weighted by Gasteiger charge is 2.16. The van der Waals surface area contributed by atoms with E-state index in [0.717, 1.165) is 13.0 Å². The van der Waals surface area contributed by atoms with Crippen LogP contribution in [0.5, 0.6) is 0 Å². The van der Waals surface area contributed by atoms with E-state index < -0.39 is 0 Å². The summed E-state index contributed by atoms with van der Waals surface area (Å²) in [6, 6.07) is 6.36. The van der Waals surface area contributed by atoms with Gasteiger partial charge in [0.1, 0.15) is 5.82 Å². The van der Waals surface area contributed by atoms with Crippen molar-refractivity contribution in [3.8, 4) is 11.4 Å². The fourth-order valence-electron chi connectivity index (χ4n) is 1.61. The van der Waals surface area contributed by atoms with E-state index in [1.165, 1.54) is 6.07 Å². The van der Waals surface area contributed by atoms with Crippen LogP contribution in [0.4, 0.5) is 4.39 Å². The van der Waals surface area contributed by atoms with Gasteiger partial charge in [0.2, 0.25) is 11.7 Å². The molecule has 2 rings (SSSR count). The van der Waals surface area contributed by atoms with Gasteiger partial charge in [-0.1, -0.05) is 24.2 Å². The van der Waals surface area contributed by atoms with Crippen molar-refractivity contribution in [1.29, 1.82) is 0 Å². The fourth-order valence-corrected chi connectivity index (χ4v) is 1.61. The van der Waals surface area contributed by atoms with E-state index in [9.17, 15) is 4.39 Å². The first kappa shape index (κ1) is 15.6. The van der Waals surface area contributed by atoms with Gasteiger partial charge in [0.15, 0.2) is 0 Å². The van der Waals surface area contributed by atoms with Crippen molar-refractivity contribution in [1.82, 2.24) is 15.5 Å². The summed E-state index contributed by atoms with van der Waals surface area (Å²) in [5.74, 6) is 0.411. The maximum atomic E-state index is 13.6. The summed E-state index contributed by atoms with van der Waals surface area (Å²) in [6.07, 6.45) is 1.03. The first-order chi connectivity index (χ1) is 8.72. The first-order valence-electron chi connectivity index (χ1n) is 6.04. The van der Waals surface area contributed by atoms with Crippen LogP contribution in [-0.2, 0) is 0 Å². The molecule has 6 heteroatoms. The number of halogens is 2. The van der Waals surface area contributed by atoms with Crippen molar-refractivity contribution in [2.75, 3.05) is 6.54 Å². The summed E-state index contributed by atoms with van der Waals surface area (Å²) < 4.78 is 18.7. The molecule has 4 nitrogen and oxygen atoms in total. The second-order valence-electron chi connectivity index (χ2n) is 4.11. The van der Waals surface area contributed by atoms with Crippen LogP contribution < -0.4 is 5.32 Å². The van der Waals surface area contributed by atoms with Gasteiger partial charge in [-0.05, 0) is 32.0 Å². The molecule has 1 unspecified atom stereocenters. The van der Waals surface area contributed by atoms with Crippen LogP contribution in [-0.4, -0.2) is 16.7 Å². The van der Waals surface area contributed by atoms with E-state index in [-0.39, 0.29) is 30.1 Å². The summed E-state index contributed by atoms with van der Waals surface area (Å²) >= 11 is 0. The van der Waals surface area contributed by atoms with Crippen molar-refractivity contribution >= 4 is 12.4 Å². The molecule has 1 N–H and O–H groups in total. The second kappa shape index (κ2) is 7.21. The monoisotopic (exact) mass is 285 g/mol. The lowest BCUT2D eigenvalue weighted by Crippen LogP contribution is -2.19. The Morgan fingerprint density at radius 1 is 1.37 bits per heavy atom. The maximum Gasteiger partial charge on any atom is 0.243 e. The Kier molecular flexibility index (Phi) is 5.92. The zero-order chi connectivity index (χ0) is 13.0. The van der Waals surface area contributed by atoms with Crippen LogP contribution in [0.3, 0.4) is 0 Å². The van der Waals surface area contributed by atoms with Gasteiger partial charge < -0.3 is 9.84 Å². The minimum atomic E-state index is -0.348. The standard InChI is InChI=1S/C13H16FN3O.ClH/c1-3-8-15-9(2)13-16-12(17-18-13)10-6-4-5-7-11(10)14;/h4-7,9,15H,3,8H2,1-2H3;1H.